The van der Waals surface area contributed by atoms with E-state index in [0.29, 0.717) is 5.91 Å². The molecule has 0 N–H and O–H groups in total. The highest BCUT2D eigenvalue weighted by atomic mass is 16.5. The quantitative estimate of drug-likeness (QED) is 0.607. The van der Waals surface area contributed by atoms with Gasteiger partial charge in [0, 0.05) is 19.7 Å². The number of rotatable bonds is 1. The van der Waals surface area contributed by atoms with Gasteiger partial charge in [-0.3, -0.25) is 4.79 Å². The molecule has 0 aromatic heterocycles. The first-order chi connectivity index (χ1) is 6.29. The van der Waals surface area contributed by atoms with Crippen LogP contribution >= 0.6 is 0 Å². The Morgan fingerprint density at radius 1 is 1.38 bits per heavy atom. The second-order valence-electron chi connectivity index (χ2n) is 4.00. The van der Waals surface area contributed by atoms with Crippen LogP contribution in [-0.4, -0.2) is 36.6 Å². The zero-order valence-corrected chi connectivity index (χ0v) is 8.16. The van der Waals surface area contributed by atoms with E-state index in [1.165, 1.54) is 12.8 Å². The van der Waals surface area contributed by atoms with Gasteiger partial charge in [0.05, 0.1) is 12.0 Å². The van der Waals surface area contributed by atoms with Crippen LogP contribution in [0.2, 0.25) is 0 Å². The molecule has 13 heavy (non-hydrogen) atoms. The zero-order chi connectivity index (χ0) is 9.26. The Balaban J connectivity index is 1.95. The maximum Gasteiger partial charge on any atom is 0.228 e. The van der Waals surface area contributed by atoms with Crippen LogP contribution < -0.4 is 0 Å². The fraction of sp³-hybridized carbons (Fsp3) is 0.900. The Kier molecular flexibility index (Phi) is 2.54. The molecule has 2 aliphatic rings. The molecule has 0 aliphatic carbocycles. The molecular formula is C10H17NO2. The van der Waals surface area contributed by atoms with Crippen molar-refractivity contribution in [2.75, 3.05) is 19.7 Å². The van der Waals surface area contributed by atoms with Crippen LogP contribution in [-0.2, 0) is 9.53 Å². The van der Waals surface area contributed by atoms with Gasteiger partial charge in [0.25, 0.3) is 0 Å². The van der Waals surface area contributed by atoms with Crippen molar-refractivity contribution in [1.82, 2.24) is 4.90 Å². The summed E-state index contributed by atoms with van der Waals surface area (Å²) in [6.07, 6.45) is 3.39. The first-order valence-corrected chi connectivity index (χ1v) is 5.19. The SMILES string of the molecule is CC1OCCC1C(=O)N1CCCC1. The van der Waals surface area contributed by atoms with Gasteiger partial charge in [0.15, 0.2) is 0 Å². The number of likely N-dealkylation sites (tertiary alicyclic amines) is 1. The van der Waals surface area contributed by atoms with Gasteiger partial charge in [0.1, 0.15) is 0 Å². The molecule has 0 radical (unpaired) electrons. The van der Waals surface area contributed by atoms with Gasteiger partial charge in [-0.05, 0) is 26.2 Å². The number of hydrogen-bond acceptors (Lipinski definition) is 2. The van der Waals surface area contributed by atoms with E-state index >= 15 is 0 Å². The van der Waals surface area contributed by atoms with Crippen molar-refractivity contribution >= 4 is 5.91 Å². The summed E-state index contributed by atoms with van der Waals surface area (Å²) in [5.74, 6) is 0.459. The largest absolute Gasteiger partial charge is 0.378 e. The molecular weight excluding hydrogens is 166 g/mol. The van der Waals surface area contributed by atoms with Crippen LogP contribution in [0.25, 0.3) is 0 Å². The standard InChI is InChI=1S/C10H17NO2/c1-8-9(4-7-13-8)10(12)11-5-2-3-6-11/h8-9H,2-7H2,1H3. The zero-order valence-electron chi connectivity index (χ0n) is 8.16. The summed E-state index contributed by atoms with van der Waals surface area (Å²) in [5.41, 5.74) is 0. The minimum Gasteiger partial charge on any atom is -0.378 e. The van der Waals surface area contributed by atoms with E-state index < -0.39 is 0 Å². The molecule has 1 amide bonds. The van der Waals surface area contributed by atoms with E-state index in [1.807, 2.05) is 11.8 Å². The Morgan fingerprint density at radius 2 is 2.08 bits per heavy atom. The van der Waals surface area contributed by atoms with Crippen molar-refractivity contribution in [2.45, 2.75) is 32.3 Å². The average Bonchev–Trinajstić information content (AvgIpc) is 2.72. The fourth-order valence-corrected chi connectivity index (χ4v) is 2.23. The summed E-state index contributed by atoms with van der Waals surface area (Å²) in [4.78, 5) is 13.9. The molecule has 0 spiro atoms. The number of amides is 1. The molecule has 2 rings (SSSR count). The van der Waals surface area contributed by atoms with Crippen molar-refractivity contribution in [2.24, 2.45) is 5.92 Å². The summed E-state index contributed by atoms with van der Waals surface area (Å²) in [5, 5.41) is 0. The average molecular weight is 183 g/mol. The fourth-order valence-electron chi connectivity index (χ4n) is 2.23. The highest BCUT2D eigenvalue weighted by molar-refractivity contribution is 5.79. The predicted octanol–water partition coefficient (Wildman–Crippen LogP) is 1.03. The lowest BCUT2D eigenvalue weighted by Crippen LogP contribution is -2.36. The summed E-state index contributed by atoms with van der Waals surface area (Å²) in [6, 6.07) is 0. The molecule has 2 saturated heterocycles. The highest BCUT2D eigenvalue weighted by Gasteiger charge is 2.34. The molecule has 0 saturated carbocycles. The molecule has 2 fully saturated rings. The monoisotopic (exact) mass is 183 g/mol. The van der Waals surface area contributed by atoms with Crippen LogP contribution in [0, 0.1) is 5.92 Å². The Morgan fingerprint density at radius 3 is 2.62 bits per heavy atom. The smallest absolute Gasteiger partial charge is 0.228 e. The molecule has 3 nitrogen and oxygen atoms in total. The lowest BCUT2D eigenvalue weighted by atomic mass is 10.0. The van der Waals surface area contributed by atoms with Crippen molar-refractivity contribution in [3.63, 3.8) is 0 Å². The molecule has 3 heteroatoms. The lowest BCUT2D eigenvalue weighted by Gasteiger charge is -2.21. The van der Waals surface area contributed by atoms with E-state index in [-0.39, 0.29) is 12.0 Å². The Labute approximate surface area is 79.0 Å². The Hall–Kier alpha value is -0.570. The Bertz CT molecular complexity index is 199. The van der Waals surface area contributed by atoms with Crippen LogP contribution in [0.3, 0.4) is 0 Å². The molecule has 2 unspecified atom stereocenters. The molecule has 0 aromatic carbocycles. The van der Waals surface area contributed by atoms with E-state index in [9.17, 15) is 4.79 Å². The first kappa shape index (κ1) is 9.00. The van der Waals surface area contributed by atoms with Gasteiger partial charge < -0.3 is 9.64 Å². The van der Waals surface area contributed by atoms with E-state index in [2.05, 4.69) is 0 Å². The molecule has 2 atom stereocenters. The van der Waals surface area contributed by atoms with Gasteiger partial charge in [-0.15, -0.1) is 0 Å². The maximum absolute atomic E-state index is 11.9. The van der Waals surface area contributed by atoms with Crippen molar-refractivity contribution < 1.29 is 9.53 Å². The third-order valence-electron chi connectivity index (χ3n) is 3.11. The van der Waals surface area contributed by atoms with Crippen molar-refractivity contribution in [3.8, 4) is 0 Å². The van der Waals surface area contributed by atoms with Crippen molar-refractivity contribution in [1.29, 1.82) is 0 Å². The molecule has 0 bridgehead atoms. The van der Waals surface area contributed by atoms with E-state index in [4.69, 9.17) is 4.74 Å². The number of carbonyl (C=O) groups excluding carboxylic acids is 1. The third-order valence-corrected chi connectivity index (χ3v) is 3.11. The van der Waals surface area contributed by atoms with Crippen LogP contribution in [0.5, 0.6) is 0 Å². The first-order valence-electron chi connectivity index (χ1n) is 5.19. The number of ether oxygens (including phenoxy) is 1. The minimum absolute atomic E-state index is 0.133. The van der Waals surface area contributed by atoms with Gasteiger partial charge in [-0.1, -0.05) is 0 Å². The topological polar surface area (TPSA) is 29.5 Å². The van der Waals surface area contributed by atoms with Gasteiger partial charge in [-0.25, -0.2) is 0 Å². The lowest BCUT2D eigenvalue weighted by molar-refractivity contribution is -0.135. The molecule has 0 aromatic rings. The molecule has 2 heterocycles. The third kappa shape index (κ3) is 1.70. The van der Waals surface area contributed by atoms with Gasteiger partial charge >= 0.3 is 0 Å². The number of hydrogen-bond donors (Lipinski definition) is 0. The summed E-state index contributed by atoms with van der Waals surface area (Å²) >= 11 is 0. The molecule has 2 aliphatic heterocycles. The summed E-state index contributed by atoms with van der Waals surface area (Å²) in [7, 11) is 0. The minimum atomic E-state index is 0.133. The second kappa shape index (κ2) is 3.66. The molecule has 74 valence electrons. The van der Waals surface area contributed by atoms with Crippen molar-refractivity contribution in [3.05, 3.63) is 0 Å². The normalized spacial score (nSPS) is 34.1. The van der Waals surface area contributed by atoms with E-state index in [1.54, 1.807) is 0 Å². The van der Waals surface area contributed by atoms with Gasteiger partial charge in [-0.2, -0.15) is 0 Å². The second-order valence-corrected chi connectivity index (χ2v) is 4.00. The summed E-state index contributed by atoms with van der Waals surface area (Å²) in [6.45, 7) is 4.68. The van der Waals surface area contributed by atoms with Crippen LogP contribution in [0.1, 0.15) is 26.2 Å². The van der Waals surface area contributed by atoms with Crippen LogP contribution in [0.4, 0.5) is 0 Å². The number of carbonyl (C=O) groups is 1. The number of nitrogens with zero attached hydrogens (tertiary/aromatic N) is 1. The maximum atomic E-state index is 11.9. The van der Waals surface area contributed by atoms with Crippen LogP contribution in [0.15, 0.2) is 0 Å². The van der Waals surface area contributed by atoms with E-state index in [0.717, 1.165) is 26.1 Å². The summed E-state index contributed by atoms with van der Waals surface area (Å²) < 4.78 is 5.40. The predicted molar refractivity (Wildman–Crippen MR) is 49.3 cm³/mol. The van der Waals surface area contributed by atoms with Gasteiger partial charge in [0.2, 0.25) is 5.91 Å². The highest BCUT2D eigenvalue weighted by Crippen LogP contribution is 2.24.